The maximum atomic E-state index is 11.5. The number of aliphatic imine (C=N–C) groups is 1. The SMILES string of the molecule is CCOC(=O)NC1=C(C(N)=NC)CNC1(C)C. The third-order valence-electron chi connectivity index (χ3n) is 2.69. The standard InChI is InChI=1S/C11H20N4O2/c1-5-17-10(16)15-8-7(9(12)13-4)6-14-11(8,2)3/h14H,5-6H2,1-4H3,(H2,12,13)(H,15,16). The molecule has 17 heavy (non-hydrogen) atoms. The first-order valence-electron chi connectivity index (χ1n) is 5.57. The first-order chi connectivity index (χ1) is 7.92. The van der Waals surface area contributed by atoms with Gasteiger partial charge in [0.25, 0.3) is 0 Å². The predicted molar refractivity (Wildman–Crippen MR) is 66.8 cm³/mol. The fraction of sp³-hybridized carbons (Fsp3) is 0.636. The number of nitrogens with two attached hydrogens (primary N) is 1. The van der Waals surface area contributed by atoms with Gasteiger partial charge >= 0.3 is 6.09 Å². The molecule has 0 aromatic heterocycles. The van der Waals surface area contributed by atoms with Crippen LogP contribution in [0.25, 0.3) is 0 Å². The molecule has 0 saturated carbocycles. The van der Waals surface area contributed by atoms with Gasteiger partial charge in [-0.2, -0.15) is 0 Å². The molecule has 4 N–H and O–H groups in total. The molecule has 0 radical (unpaired) electrons. The molecule has 0 unspecified atom stereocenters. The van der Waals surface area contributed by atoms with Crippen LogP contribution in [0.4, 0.5) is 4.79 Å². The smallest absolute Gasteiger partial charge is 0.411 e. The Kier molecular flexibility index (Phi) is 4.11. The highest BCUT2D eigenvalue weighted by Gasteiger charge is 2.34. The van der Waals surface area contributed by atoms with Crippen molar-refractivity contribution in [3.8, 4) is 0 Å². The van der Waals surface area contributed by atoms with Crippen LogP contribution in [0.5, 0.6) is 0 Å². The first-order valence-corrected chi connectivity index (χ1v) is 5.57. The maximum absolute atomic E-state index is 11.5. The first kappa shape index (κ1) is 13.5. The molecule has 1 heterocycles. The molecule has 0 saturated heterocycles. The van der Waals surface area contributed by atoms with Crippen molar-refractivity contribution in [2.24, 2.45) is 10.7 Å². The van der Waals surface area contributed by atoms with Crippen molar-refractivity contribution in [3.05, 3.63) is 11.3 Å². The minimum atomic E-state index is -0.472. The van der Waals surface area contributed by atoms with E-state index >= 15 is 0 Å². The fourth-order valence-electron chi connectivity index (χ4n) is 1.72. The summed E-state index contributed by atoms with van der Waals surface area (Å²) in [5.41, 5.74) is 6.98. The van der Waals surface area contributed by atoms with Crippen LogP contribution in [0.1, 0.15) is 20.8 Å². The van der Waals surface area contributed by atoms with E-state index in [9.17, 15) is 4.79 Å². The van der Waals surface area contributed by atoms with Gasteiger partial charge in [-0.05, 0) is 20.8 Å². The van der Waals surface area contributed by atoms with Crippen LogP contribution in [-0.4, -0.2) is 37.7 Å². The molecular formula is C11H20N4O2. The summed E-state index contributed by atoms with van der Waals surface area (Å²) < 4.78 is 4.87. The van der Waals surface area contributed by atoms with E-state index in [-0.39, 0.29) is 5.54 Å². The Morgan fingerprint density at radius 3 is 2.82 bits per heavy atom. The zero-order valence-corrected chi connectivity index (χ0v) is 10.8. The van der Waals surface area contributed by atoms with Crippen LogP contribution >= 0.6 is 0 Å². The normalized spacial score (nSPS) is 19.4. The molecule has 0 aromatic rings. The largest absolute Gasteiger partial charge is 0.450 e. The second-order valence-electron chi connectivity index (χ2n) is 4.29. The summed E-state index contributed by atoms with van der Waals surface area (Å²) in [6.45, 7) is 6.60. The Balaban J connectivity index is 2.98. The molecule has 1 aliphatic rings. The van der Waals surface area contributed by atoms with E-state index in [1.165, 1.54) is 0 Å². The zero-order chi connectivity index (χ0) is 13.1. The molecule has 6 nitrogen and oxygen atoms in total. The van der Waals surface area contributed by atoms with Crippen LogP contribution in [0.3, 0.4) is 0 Å². The Hall–Kier alpha value is -1.56. The van der Waals surface area contributed by atoms with Crippen LogP contribution in [0.15, 0.2) is 16.3 Å². The van der Waals surface area contributed by atoms with Crippen molar-refractivity contribution in [2.75, 3.05) is 20.2 Å². The van der Waals surface area contributed by atoms with Gasteiger partial charge in [0.1, 0.15) is 5.84 Å². The van der Waals surface area contributed by atoms with E-state index < -0.39 is 6.09 Å². The Morgan fingerprint density at radius 1 is 1.65 bits per heavy atom. The summed E-state index contributed by atoms with van der Waals surface area (Å²) in [6, 6.07) is 0. The van der Waals surface area contributed by atoms with E-state index in [1.807, 2.05) is 13.8 Å². The highest BCUT2D eigenvalue weighted by Crippen LogP contribution is 2.23. The van der Waals surface area contributed by atoms with Crippen LogP contribution in [0.2, 0.25) is 0 Å². The molecule has 0 aliphatic carbocycles. The van der Waals surface area contributed by atoms with Gasteiger partial charge in [-0.1, -0.05) is 0 Å². The van der Waals surface area contributed by atoms with Crippen LogP contribution in [0, 0.1) is 0 Å². The number of hydrogen-bond acceptors (Lipinski definition) is 4. The molecule has 0 spiro atoms. The molecule has 0 bridgehead atoms. The number of amidine groups is 1. The maximum Gasteiger partial charge on any atom is 0.411 e. The van der Waals surface area contributed by atoms with Gasteiger partial charge < -0.3 is 15.8 Å². The number of amides is 1. The van der Waals surface area contributed by atoms with E-state index in [0.717, 1.165) is 11.3 Å². The average molecular weight is 240 g/mol. The summed E-state index contributed by atoms with van der Waals surface area (Å²) in [6.07, 6.45) is -0.472. The number of ether oxygens (including phenoxy) is 1. The van der Waals surface area contributed by atoms with Crippen molar-refractivity contribution in [1.29, 1.82) is 0 Å². The van der Waals surface area contributed by atoms with Crippen LogP contribution < -0.4 is 16.4 Å². The molecule has 0 atom stereocenters. The van der Waals surface area contributed by atoms with E-state index in [2.05, 4.69) is 15.6 Å². The predicted octanol–water partition coefficient (Wildman–Crippen LogP) is 0.355. The summed E-state index contributed by atoms with van der Waals surface area (Å²) in [7, 11) is 1.62. The number of carbonyl (C=O) groups is 1. The third kappa shape index (κ3) is 2.97. The van der Waals surface area contributed by atoms with Gasteiger partial charge in [-0.25, -0.2) is 4.79 Å². The Labute approximate surface area is 101 Å². The highest BCUT2D eigenvalue weighted by atomic mass is 16.5. The average Bonchev–Trinajstić information content (AvgIpc) is 2.54. The fourth-order valence-corrected chi connectivity index (χ4v) is 1.72. The van der Waals surface area contributed by atoms with Crippen molar-refractivity contribution in [3.63, 3.8) is 0 Å². The van der Waals surface area contributed by atoms with Crippen LogP contribution in [-0.2, 0) is 4.74 Å². The quantitative estimate of drug-likeness (QED) is 0.491. The molecule has 6 heteroatoms. The van der Waals surface area contributed by atoms with E-state index in [0.29, 0.717) is 19.0 Å². The van der Waals surface area contributed by atoms with Gasteiger partial charge in [0.15, 0.2) is 0 Å². The van der Waals surface area contributed by atoms with Gasteiger partial charge in [-0.15, -0.1) is 0 Å². The lowest BCUT2D eigenvalue weighted by Crippen LogP contribution is -2.42. The van der Waals surface area contributed by atoms with Gasteiger partial charge in [-0.3, -0.25) is 10.3 Å². The van der Waals surface area contributed by atoms with Crippen molar-refractivity contribution in [2.45, 2.75) is 26.3 Å². The van der Waals surface area contributed by atoms with Gasteiger partial charge in [0, 0.05) is 24.9 Å². The monoisotopic (exact) mass is 240 g/mol. The molecule has 1 rings (SSSR count). The van der Waals surface area contributed by atoms with Crippen molar-refractivity contribution in [1.82, 2.24) is 10.6 Å². The summed E-state index contributed by atoms with van der Waals surface area (Å²) >= 11 is 0. The van der Waals surface area contributed by atoms with Crippen molar-refractivity contribution < 1.29 is 9.53 Å². The number of nitrogens with zero attached hydrogens (tertiary/aromatic N) is 1. The topological polar surface area (TPSA) is 88.7 Å². The lowest BCUT2D eigenvalue weighted by atomic mass is 10.0. The summed E-state index contributed by atoms with van der Waals surface area (Å²) in [5.74, 6) is 0.426. The highest BCUT2D eigenvalue weighted by molar-refractivity contribution is 5.99. The Morgan fingerprint density at radius 2 is 2.29 bits per heavy atom. The van der Waals surface area contributed by atoms with Crippen molar-refractivity contribution >= 4 is 11.9 Å². The second kappa shape index (κ2) is 5.18. The minimum Gasteiger partial charge on any atom is -0.450 e. The number of hydrogen-bond donors (Lipinski definition) is 3. The third-order valence-corrected chi connectivity index (χ3v) is 2.69. The molecule has 1 amide bonds. The molecule has 1 aliphatic heterocycles. The zero-order valence-electron chi connectivity index (χ0n) is 10.8. The van der Waals surface area contributed by atoms with Gasteiger partial charge in [0.05, 0.1) is 12.1 Å². The number of nitrogens with one attached hydrogen (secondary N) is 2. The number of carbonyl (C=O) groups excluding carboxylic acids is 1. The lowest BCUT2D eigenvalue weighted by Gasteiger charge is -2.23. The number of alkyl carbamates (subject to hydrolysis) is 1. The molecular weight excluding hydrogens is 220 g/mol. The lowest BCUT2D eigenvalue weighted by molar-refractivity contribution is 0.153. The molecule has 0 fully saturated rings. The summed E-state index contributed by atoms with van der Waals surface area (Å²) in [4.78, 5) is 15.4. The van der Waals surface area contributed by atoms with E-state index in [1.54, 1.807) is 14.0 Å². The van der Waals surface area contributed by atoms with E-state index in [4.69, 9.17) is 10.5 Å². The Bertz CT molecular complexity index is 372. The second-order valence-corrected chi connectivity index (χ2v) is 4.29. The van der Waals surface area contributed by atoms with Gasteiger partial charge in [0.2, 0.25) is 0 Å². The molecule has 96 valence electrons. The molecule has 0 aromatic carbocycles. The summed E-state index contributed by atoms with van der Waals surface area (Å²) in [5, 5.41) is 5.98. The number of rotatable bonds is 3. The minimum absolute atomic E-state index is 0.333.